The number of carbonyl (C=O) groups excluding carboxylic acids is 1. The van der Waals surface area contributed by atoms with E-state index in [4.69, 9.17) is 0 Å². The van der Waals surface area contributed by atoms with Crippen LogP contribution in [-0.2, 0) is 24.1 Å². The van der Waals surface area contributed by atoms with E-state index in [1.807, 2.05) is 18.2 Å². The van der Waals surface area contributed by atoms with Crippen molar-refractivity contribution in [2.45, 2.75) is 51.0 Å². The van der Waals surface area contributed by atoms with E-state index in [0.29, 0.717) is 35.6 Å². The van der Waals surface area contributed by atoms with E-state index < -0.39 is 11.9 Å². The van der Waals surface area contributed by atoms with E-state index in [1.54, 1.807) is 36.1 Å². The van der Waals surface area contributed by atoms with Gasteiger partial charge in [0, 0.05) is 47.8 Å². The van der Waals surface area contributed by atoms with E-state index in [1.165, 1.54) is 22.2 Å². The Labute approximate surface area is 217 Å². The molecule has 2 aromatic heterocycles. The molecule has 0 saturated carbocycles. The van der Waals surface area contributed by atoms with Gasteiger partial charge < -0.3 is 10.2 Å². The molecule has 1 N–H and O–H groups in total. The molecule has 1 unspecified atom stereocenters. The fraction of sp³-hybridized carbons (Fsp3) is 0.370. The van der Waals surface area contributed by atoms with Crippen LogP contribution < -0.4 is 5.32 Å². The quantitative estimate of drug-likeness (QED) is 0.459. The zero-order valence-electron chi connectivity index (χ0n) is 20.3. The molecule has 6 nitrogen and oxygen atoms in total. The molecule has 4 heterocycles. The highest BCUT2D eigenvalue weighted by molar-refractivity contribution is 7.12. The molecular formula is C27H26F3N5OS. The van der Waals surface area contributed by atoms with E-state index in [9.17, 15) is 23.2 Å². The Bertz CT molecular complexity index is 1380. The third-order valence-electron chi connectivity index (χ3n) is 6.93. The van der Waals surface area contributed by atoms with Crippen LogP contribution in [0.5, 0.6) is 0 Å². The van der Waals surface area contributed by atoms with Gasteiger partial charge in [0.25, 0.3) is 0 Å². The molecule has 0 bridgehead atoms. The van der Waals surface area contributed by atoms with Crippen molar-refractivity contribution in [1.29, 1.82) is 5.26 Å². The number of hydrogen-bond acceptors (Lipinski definition) is 5. The van der Waals surface area contributed by atoms with E-state index in [-0.39, 0.29) is 23.4 Å². The monoisotopic (exact) mass is 525 g/mol. The molecule has 0 spiro atoms. The molecule has 2 atom stereocenters. The number of alkyl halides is 3. The first-order chi connectivity index (χ1) is 17.8. The van der Waals surface area contributed by atoms with Gasteiger partial charge in [0.15, 0.2) is 5.69 Å². The molecule has 2 aliphatic heterocycles. The van der Waals surface area contributed by atoms with Crippen LogP contribution in [0.3, 0.4) is 0 Å². The van der Waals surface area contributed by atoms with Crippen molar-refractivity contribution in [3.05, 3.63) is 75.3 Å². The lowest BCUT2D eigenvalue weighted by atomic mass is 9.83. The largest absolute Gasteiger partial charge is 0.435 e. The van der Waals surface area contributed by atoms with Crippen LogP contribution in [0.25, 0.3) is 11.1 Å². The number of fused-ring (bicyclic) bond motifs is 1. The number of rotatable bonds is 5. The molecule has 2 aliphatic rings. The highest BCUT2D eigenvalue weighted by atomic mass is 32.1. The molecule has 5 rings (SSSR count). The van der Waals surface area contributed by atoms with Crippen LogP contribution in [0, 0.1) is 11.3 Å². The second-order valence-corrected chi connectivity index (χ2v) is 10.4. The van der Waals surface area contributed by atoms with Gasteiger partial charge in [0.05, 0.1) is 6.54 Å². The van der Waals surface area contributed by atoms with Gasteiger partial charge in [-0.15, -0.1) is 11.3 Å². The molecule has 192 valence electrons. The minimum atomic E-state index is -4.61. The van der Waals surface area contributed by atoms with Crippen molar-refractivity contribution < 1.29 is 18.0 Å². The van der Waals surface area contributed by atoms with Crippen LogP contribution in [0.1, 0.15) is 52.3 Å². The number of benzene rings is 1. The maximum Gasteiger partial charge on any atom is 0.435 e. The van der Waals surface area contributed by atoms with Crippen LogP contribution in [0.2, 0.25) is 0 Å². The number of nitriles is 1. The SMILES string of the molecule is CCn1cc(-c2ccccc2[C@@H]2CN(C(=O)/C=C/C3CCCN3)Cc3sc(C#N)cc32)c(C(F)(F)F)n1. The lowest BCUT2D eigenvalue weighted by Crippen LogP contribution is -2.37. The van der Waals surface area contributed by atoms with Crippen LogP contribution in [0.15, 0.2) is 48.7 Å². The molecule has 0 radical (unpaired) electrons. The van der Waals surface area contributed by atoms with Gasteiger partial charge in [-0.25, -0.2) is 0 Å². The van der Waals surface area contributed by atoms with Gasteiger partial charge in [-0.3, -0.25) is 9.48 Å². The van der Waals surface area contributed by atoms with Crippen LogP contribution in [-0.4, -0.2) is 39.7 Å². The summed E-state index contributed by atoms with van der Waals surface area (Å²) in [4.78, 5) is 16.3. The van der Waals surface area contributed by atoms with Crippen molar-refractivity contribution in [3.8, 4) is 17.2 Å². The van der Waals surface area contributed by atoms with Gasteiger partial charge in [-0.05, 0) is 49.1 Å². The summed E-state index contributed by atoms with van der Waals surface area (Å²) in [6.45, 7) is 3.64. The Morgan fingerprint density at radius 1 is 1.30 bits per heavy atom. The summed E-state index contributed by atoms with van der Waals surface area (Å²) >= 11 is 1.33. The fourth-order valence-corrected chi connectivity index (χ4v) is 6.16. The first-order valence-electron chi connectivity index (χ1n) is 12.3. The number of halogens is 3. The second kappa shape index (κ2) is 10.1. The molecule has 1 aromatic carbocycles. The number of aromatic nitrogens is 2. The Hall–Kier alpha value is -3.42. The predicted molar refractivity (Wildman–Crippen MR) is 135 cm³/mol. The predicted octanol–water partition coefficient (Wildman–Crippen LogP) is 5.30. The highest BCUT2D eigenvalue weighted by Gasteiger charge is 2.39. The first-order valence-corrected chi connectivity index (χ1v) is 13.1. The number of hydrogen-bond donors (Lipinski definition) is 1. The average molecular weight is 526 g/mol. The summed E-state index contributed by atoms with van der Waals surface area (Å²) in [5.41, 5.74) is 1.07. The van der Waals surface area contributed by atoms with Crippen LogP contribution >= 0.6 is 11.3 Å². The van der Waals surface area contributed by atoms with Crippen molar-refractivity contribution in [1.82, 2.24) is 20.0 Å². The summed E-state index contributed by atoms with van der Waals surface area (Å²) in [5, 5.41) is 16.7. The maximum atomic E-state index is 14.0. The zero-order valence-corrected chi connectivity index (χ0v) is 21.1. The number of nitrogens with one attached hydrogen (secondary N) is 1. The molecule has 0 aliphatic carbocycles. The Morgan fingerprint density at radius 3 is 2.81 bits per heavy atom. The Balaban J connectivity index is 1.57. The number of nitrogens with zero attached hydrogens (tertiary/aromatic N) is 4. The van der Waals surface area contributed by atoms with Gasteiger partial charge in [-0.1, -0.05) is 30.3 Å². The minimum Gasteiger partial charge on any atom is -0.333 e. The summed E-state index contributed by atoms with van der Waals surface area (Å²) < 4.78 is 43.1. The number of amides is 1. The van der Waals surface area contributed by atoms with Gasteiger partial charge in [0.2, 0.25) is 5.91 Å². The summed E-state index contributed by atoms with van der Waals surface area (Å²) in [5.74, 6) is -0.533. The molecule has 1 saturated heterocycles. The van der Waals surface area contributed by atoms with E-state index in [0.717, 1.165) is 29.8 Å². The van der Waals surface area contributed by atoms with Crippen molar-refractivity contribution in [2.24, 2.45) is 0 Å². The fourth-order valence-electron chi connectivity index (χ4n) is 5.12. The molecule has 3 aromatic rings. The lowest BCUT2D eigenvalue weighted by Gasteiger charge is -2.33. The smallest absolute Gasteiger partial charge is 0.333 e. The van der Waals surface area contributed by atoms with E-state index >= 15 is 0 Å². The van der Waals surface area contributed by atoms with E-state index in [2.05, 4.69) is 16.5 Å². The zero-order chi connectivity index (χ0) is 26.2. The normalized spacial score (nSPS) is 19.8. The molecule has 1 amide bonds. The highest BCUT2D eigenvalue weighted by Crippen LogP contribution is 2.44. The molecule has 10 heteroatoms. The number of thiophene rings is 1. The summed E-state index contributed by atoms with van der Waals surface area (Å²) in [6.07, 6.45) is 2.33. The average Bonchev–Trinajstić information content (AvgIpc) is 3.65. The Kier molecular flexibility index (Phi) is 6.92. The Morgan fingerprint density at radius 2 is 2.11 bits per heavy atom. The first kappa shape index (κ1) is 25.2. The third-order valence-corrected chi connectivity index (χ3v) is 7.97. The van der Waals surface area contributed by atoms with Crippen molar-refractivity contribution in [3.63, 3.8) is 0 Å². The third kappa shape index (κ3) is 5.06. The number of aryl methyl sites for hydroxylation is 1. The summed E-state index contributed by atoms with van der Waals surface area (Å²) in [6, 6.07) is 11.1. The number of carbonyl (C=O) groups is 1. The van der Waals surface area contributed by atoms with Crippen molar-refractivity contribution >= 4 is 17.2 Å². The standard InChI is InChI=1S/C27H26F3N5OS/c1-2-35-15-23(26(33-35)27(28,29)30)20-8-4-3-7-19(20)22-14-34(16-24-21(22)12-18(13-31)37-24)25(36)10-9-17-6-5-11-32-17/h3-4,7-10,12,15,17,22,32H,2,5-6,11,14,16H2,1H3/b10-9+/t17?,22-/m0/s1. The van der Waals surface area contributed by atoms with Gasteiger partial charge in [0.1, 0.15) is 10.9 Å². The second-order valence-electron chi connectivity index (χ2n) is 9.27. The molecular weight excluding hydrogens is 499 g/mol. The topological polar surface area (TPSA) is 74.0 Å². The molecule has 37 heavy (non-hydrogen) atoms. The summed E-state index contributed by atoms with van der Waals surface area (Å²) in [7, 11) is 0. The van der Waals surface area contributed by atoms with Crippen LogP contribution in [0.4, 0.5) is 13.2 Å². The minimum absolute atomic E-state index is 0.0119. The lowest BCUT2D eigenvalue weighted by molar-refractivity contribution is -0.141. The maximum absolute atomic E-state index is 14.0. The van der Waals surface area contributed by atoms with Crippen molar-refractivity contribution in [2.75, 3.05) is 13.1 Å². The van der Waals surface area contributed by atoms with Gasteiger partial charge in [-0.2, -0.15) is 23.5 Å². The van der Waals surface area contributed by atoms with Gasteiger partial charge >= 0.3 is 6.18 Å². The molecule has 1 fully saturated rings.